The zero-order valence-electron chi connectivity index (χ0n) is 20.2. The zero-order chi connectivity index (χ0) is 23.1. The minimum absolute atomic E-state index is 0.516. The first kappa shape index (κ1) is 28.6. The highest BCUT2D eigenvalue weighted by Crippen LogP contribution is 2.17. The summed E-state index contributed by atoms with van der Waals surface area (Å²) in [6, 6.07) is 7.98. The average Bonchev–Trinajstić information content (AvgIpc) is 2.80. The van der Waals surface area contributed by atoms with Crippen molar-refractivity contribution in [2.45, 2.75) is 19.8 Å². The van der Waals surface area contributed by atoms with Crippen LogP contribution in [0.5, 0.6) is 5.75 Å². The van der Waals surface area contributed by atoms with Gasteiger partial charge in [0.25, 0.3) is 0 Å². The molecule has 0 aromatic heterocycles. The molecule has 0 N–H and O–H groups in total. The molecule has 0 unspecified atom stereocenters. The van der Waals surface area contributed by atoms with Crippen molar-refractivity contribution in [3.63, 3.8) is 0 Å². The zero-order valence-corrected chi connectivity index (χ0v) is 20.2. The fraction of sp³-hybridized carbons (Fsp3) is 0.750. The predicted octanol–water partition coefficient (Wildman–Crippen LogP) is 3.03. The highest BCUT2D eigenvalue weighted by molar-refractivity contribution is 5.47. The van der Waals surface area contributed by atoms with Crippen molar-refractivity contribution in [2.75, 3.05) is 105 Å². The van der Waals surface area contributed by atoms with Gasteiger partial charge < -0.3 is 38.1 Å². The Morgan fingerprint density at radius 3 is 1.28 bits per heavy atom. The van der Waals surface area contributed by atoms with Gasteiger partial charge in [0.2, 0.25) is 0 Å². The van der Waals surface area contributed by atoms with Gasteiger partial charge in [0.1, 0.15) is 12.4 Å². The van der Waals surface area contributed by atoms with E-state index in [0.717, 1.165) is 30.9 Å². The van der Waals surface area contributed by atoms with E-state index in [2.05, 4.69) is 11.8 Å². The van der Waals surface area contributed by atoms with E-state index in [1.807, 2.05) is 38.4 Å². The molecule has 186 valence electrons. The average molecular weight is 458 g/mol. The number of anilines is 1. The SMILES string of the molecule is CCCCOCCOCCOCCOCCOCCOCCOc1ccc(N(C)C)cc1. The fourth-order valence-electron chi connectivity index (χ4n) is 2.51. The number of hydrogen-bond donors (Lipinski definition) is 0. The summed E-state index contributed by atoms with van der Waals surface area (Å²) in [4.78, 5) is 2.05. The van der Waals surface area contributed by atoms with Crippen LogP contribution >= 0.6 is 0 Å². The van der Waals surface area contributed by atoms with Gasteiger partial charge in [-0.05, 0) is 30.7 Å². The van der Waals surface area contributed by atoms with Crippen molar-refractivity contribution < 1.29 is 33.2 Å². The first-order valence-electron chi connectivity index (χ1n) is 11.6. The van der Waals surface area contributed by atoms with Crippen LogP contribution < -0.4 is 9.64 Å². The largest absolute Gasteiger partial charge is 0.491 e. The van der Waals surface area contributed by atoms with E-state index in [-0.39, 0.29) is 0 Å². The molecule has 0 heterocycles. The van der Waals surface area contributed by atoms with Crippen LogP contribution in [0.3, 0.4) is 0 Å². The van der Waals surface area contributed by atoms with Crippen LogP contribution in [0.15, 0.2) is 24.3 Å². The van der Waals surface area contributed by atoms with Crippen LogP contribution in [0, 0.1) is 0 Å². The third-order valence-electron chi connectivity index (χ3n) is 4.35. The standard InChI is InChI=1S/C24H43NO7/c1-4-5-10-26-11-12-27-13-14-28-15-16-29-17-18-30-19-20-31-21-22-32-24-8-6-23(7-9-24)25(2)3/h6-9H,4-5,10-22H2,1-3H3. The van der Waals surface area contributed by atoms with E-state index in [1.54, 1.807) is 0 Å². The number of rotatable bonds is 23. The summed E-state index contributed by atoms with van der Waals surface area (Å²) in [6.45, 7) is 9.67. The number of nitrogens with zero attached hydrogens (tertiary/aromatic N) is 1. The van der Waals surface area contributed by atoms with Crippen molar-refractivity contribution >= 4 is 5.69 Å². The van der Waals surface area contributed by atoms with E-state index >= 15 is 0 Å². The summed E-state index contributed by atoms with van der Waals surface area (Å²) in [7, 11) is 4.02. The molecule has 0 saturated heterocycles. The summed E-state index contributed by atoms with van der Waals surface area (Å²) < 4.78 is 38.4. The van der Waals surface area contributed by atoms with Crippen LogP contribution in [0.4, 0.5) is 5.69 Å². The highest BCUT2D eigenvalue weighted by Gasteiger charge is 1.98. The van der Waals surface area contributed by atoms with Crippen molar-refractivity contribution in [2.24, 2.45) is 0 Å². The molecule has 1 rings (SSSR count). The number of unbranched alkanes of at least 4 members (excludes halogenated alkanes) is 1. The maximum atomic E-state index is 5.65. The van der Waals surface area contributed by atoms with E-state index in [4.69, 9.17) is 33.2 Å². The molecule has 0 fully saturated rings. The molecule has 0 amide bonds. The quantitative estimate of drug-likeness (QED) is 0.232. The molecular weight excluding hydrogens is 414 g/mol. The van der Waals surface area contributed by atoms with Gasteiger partial charge in [0.15, 0.2) is 0 Å². The van der Waals surface area contributed by atoms with E-state index < -0.39 is 0 Å². The van der Waals surface area contributed by atoms with Gasteiger partial charge in [0, 0.05) is 26.4 Å². The smallest absolute Gasteiger partial charge is 0.119 e. The Balaban J connectivity index is 1.73. The lowest BCUT2D eigenvalue weighted by atomic mass is 10.3. The molecule has 8 heteroatoms. The Morgan fingerprint density at radius 2 is 0.906 bits per heavy atom. The second kappa shape index (κ2) is 21.4. The maximum absolute atomic E-state index is 5.65. The molecule has 1 aromatic carbocycles. The van der Waals surface area contributed by atoms with Gasteiger partial charge in [-0.2, -0.15) is 0 Å². The fourth-order valence-corrected chi connectivity index (χ4v) is 2.51. The lowest BCUT2D eigenvalue weighted by Crippen LogP contribution is -2.15. The number of benzene rings is 1. The monoisotopic (exact) mass is 457 g/mol. The third kappa shape index (κ3) is 17.2. The first-order chi connectivity index (χ1) is 15.7. The lowest BCUT2D eigenvalue weighted by Gasteiger charge is -2.13. The Labute approximate surface area is 194 Å². The predicted molar refractivity (Wildman–Crippen MR) is 126 cm³/mol. The third-order valence-corrected chi connectivity index (χ3v) is 4.35. The maximum Gasteiger partial charge on any atom is 0.119 e. The van der Waals surface area contributed by atoms with Gasteiger partial charge >= 0.3 is 0 Å². The summed E-state index contributed by atoms with van der Waals surface area (Å²) in [5.74, 6) is 0.844. The molecule has 0 spiro atoms. The molecule has 0 aliphatic rings. The molecular formula is C24H43NO7. The molecule has 1 aromatic rings. The first-order valence-corrected chi connectivity index (χ1v) is 11.6. The lowest BCUT2D eigenvalue weighted by molar-refractivity contribution is -0.0178. The number of ether oxygens (including phenoxy) is 7. The molecule has 0 atom stereocenters. The van der Waals surface area contributed by atoms with Crippen molar-refractivity contribution in [1.82, 2.24) is 0 Å². The van der Waals surface area contributed by atoms with Crippen LogP contribution in [-0.2, 0) is 28.4 Å². The van der Waals surface area contributed by atoms with Gasteiger partial charge in [-0.1, -0.05) is 13.3 Å². The summed E-state index contributed by atoms with van der Waals surface area (Å²) in [6.07, 6.45) is 2.26. The van der Waals surface area contributed by atoms with Crippen LogP contribution in [0.2, 0.25) is 0 Å². The second-order valence-corrected chi connectivity index (χ2v) is 7.26. The Bertz CT molecular complexity index is 514. The second-order valence-electron chi connectivity index (χ2n) is 7.26. The van der Waals surface area contributed by atoms with Crippen LogP contribution in [0.1, 0.15) is 19.8 Å². The Morgan fingerprint density at radius 1 is 0.531 bits per heavy atom. The minimum Gasteiger partial charge on any atom is -0.491 e. The van der Waals surface area contributed by atoms with E-state index in [9.17, 15) is 0 Å². The Hall–Kier alpha value is -1.42. The molecule has 0 radical (unpaired) electrons. The topological polar surface area (TPSA) is 67.9 Å². The summed E-state index contributed by atoms with van der Waals surface area (Å²) >= 11 is 0. The van der Waals surface area contributed by atoms with Gasteiger partial charge in [-0.25, -0.2) is 0 Å². The van der Waals surface area contributed by atoms with Crippen molar-refractivity contribution in [3.05, 3.63) is 24.3 Å². The minimum atomic E-state index is 0.516. The normalized spacial score (nSPS) is 11.1. The molecule has 0 aliphatic carbocycles. The van der Waals surface area contributed by atoms with E-state index in [1.165, 1.54) is 0 Å². The van der Waals surface area contributed by atoms with Gasteiger partial charge in [-0.15, -0.1) is 0 Å². The van der Waals surface area contributed by atoms with E-state index in [0.29, 0.717) is 79.3 Å². The van der Waals surface area contributed by atoms with Crippen molar-refractivity contribution in [1.29, 1.82) is 0 Å². The molecule has 8 nitrogen and oxygen atoms in total. The molecule has 0 saturated carbocycles. The van der Waals surface area contributed by atoms with Crippen LogP contribution in [0.25, 0.3) is 0 Å². The molecule has 0 bridgehead atoms. The number of hydrogen-bond acceptors (Lipinski definition) is 8. The van der Waals surface area contributed by atoms with Crippen LogP contribution in [-0.4, -0.2) is 100.0 Å². The summed E-state index contributed by atoms with van der Waals surface area (Å²) in [5, 5.41) is 0. The molecule has 0 aliphatic heterocycles. The van der Waals surface area contributed by atoms with Crippen molar-refractivity contribution in [3.8, 4) is 5.75 Å². The highest BCUT2D eigenvalue weighted by atomic mass is 16.6. The summed E-state index contributed by atoms with van der Waals surface area (Å²) in [5.41, 5.74) is 1.14. The van der Waals surface area contributed by atoms with Gasteiger partial charge in [0.05, 0.1) is 72.7 Å². The van der Waals surface area contributed by atoms with Gasteiger partial charge in [-0.3, -0.25) is 0 Å². The molecule has 32 heavy (non-hydrogen) atoms. The Kier molecular flexibility index (Phi) is 19.2.